The van der Waals surface area contributed by atoms with Gasteiger partial charge in [-0.1, -0.05) is 0 Å². The Morgan fingerprint density at radius 1 is 1.45 bits per heavy atom. The number of hydrogen-bond acceptors (Lipinski definition) is 10. The second-order valence-corrected chi connectivity index (χ2v) is 8.14. The number of aromatic nitrogens is 1. The Morgan fingerprint density at radius 3 is 2.72 bits per heavy atom. The molecule has 1 unspecified atom stereocenters. The molecule has 0 saturated carbocycles. The Kier molecular flexibility index (Phi) is 6.10. The SMILES string of the molecule is CON(C(=O)Cc1csc(N)n1)C1C(=O)N2C(C(=O)O)=C(COC(C)=O)CS[C@@H]12. The molecule has 1 saturated heterocycles. The molecule has 11 nitrogen and oxygen atoms in total. The zero-order valence-corrected chi connectivity index (χ0v) is 17.1. The quantitative estimate of drug-likeness (QED) is 0.331. The van der Waals surface area contributed by atoms with Crippen LogP contribution < -0.4 is 5.73 Å². The van der Waals surface area contributed by atoms with Crippen LogP contribution in [-0.4, -0.2) is 74.7 Å². The lowest BCUT2D eigenvalue weighted by Crippen LogP contribution is -2.71. The lowest BCUT2D eigenvalue weighted by molar-refractivity contribution is -0.208. The Morgan fingerprint density at radius 2 is 2.17 bits per heavy atom. The van der Waals surface area contributed by atoms with E-state index in [9.17, 15) is 24.3 Å². The van der Waals surface area contributed by atoms with Gasteiger partial charge in [-0.15, -0.1) is 23.1 Å². The van der Waals surface area contributed by atoms with E-state index in [1.807, 2.05) is 0 Å². The predicted molar refractivity (Wildman–Crippen MR) is 102 cm³/mol. The molecule has 156 valence electrons. The van der Waals surface area contributed by atoms with Crippen molar-refractivity contribution in [2.75, 3.05) is 25.2 Å². The van der Waals surface area contributed by atoms with Gasteiger partial charge in [-0.3, -0.25) is 24.1 Å². The van der Waals surface area contributed by atoms with Crippen molar-refractivity contribution in [3.63, 3.8) is 0 Å². The Labute approximate surface area is 173 Å². The number of aliphatic carboxylic acids is 1. The van der Waals surface area contributed by atoms with E-state index in [1.165, 1.54) is 37.1 Å². The molecule has 1 aromatic heterocycles. The first-order valence-electron chi connectivity index (χ1n) is 8.34. The van der Waals surface area contributed by atoms with E-state index in [-0.39, 0.29) is 24.5 Å². The fraction of sp³-hybridized carbons (Fsp3) is 0.438. The van der Waals surface area contributed by atoms with Crippen LogP contribution in [0.15, 0.2) is 16.7 Å². The number of thioether (sulfide) groups is 1. The third kappa shape index (κ3) is 4.06. The number of thiazole rings is 1. The van der Waals surface area contributed by atoms with E-state index >= 15 is 0 Å². The van der Waals surface area contributed by atoms with Crippen LogP contribution in [0.5, 0.6) is 0 Å². The molecule has 2 aliphatic heterocycles. The van der Waals surface area contributed by atoms with Crippen LogP contribution >= 0.6 is 23.1 Å². The number of esters is 1. The highest BCUT2D eigenvalue weighted by Crippen LogP contribution is 2.42. The van der Waals surface area contributed by atoms with Gasteiger partial charge in [0.05, 0.1) is 19.2 Å². The molecule has 2 atom stereocenters. The molecular formula is C16H18N4O7S2. The second-order valence-electron chi connectivity index (χ2n) is 6.15. The highest BCUT2D eigenvalue weighted by molar-refractivity contribution is 8.00. The van der Waals surface area contributed by atoms with Gasteiger partial charge in [0.1, 0.15) is 17.7 Å². The number of anilines is 1. The summed E-state index contributed by atoms with van der Waals surface area (Å²) in [5.74, 6) is -2.72. The van der Waals surface area contributed by atoms with Crippen LogP contribution in [0.1, 0.15) is 12.6 Å². The third-order valence-corrected chi connectivity index (χ3v) is 6.32. The van der Waals surface area contributed by atoms with E-state index in [2.05, 4.69) is 4.98 Å². The zero-order valence-electron chi connectivity index (χ0n) is 15.5. The van der Waals surface area contributed by atoms with Gasteiger partial charge in [-0.05, 0) is 0 Å². The highest BCUT2D eigenvalue weighted by atomic mass is 32.2. The number of carbonyl (C=O) groups is 4. The fourth-order valence-electron chi connectivity index (χ4n) is 3.05. The number of β-lactam (4-membered cyclic amide) rings is 1. The number of nitrogens with two attached hydrogens (primary N) is 1. The molecule has 0 spiro atoms. The summed E-state index contributed by atoms with van der Waals surface area (Å²) in [6, 6.07) is -0.974. The van der Waals surface area contributed by atoms with Crippen molar-refractivity contribution < 1.29 is 33.9 Å². The van der Waals surface area contributed by atoms with Crippen LogP contribution in [0.4, 0.5) is 5.13 Å². The summed E-state index contributed by atoms with van der Waals surface area (Å²) in [7, 11) is 1.26. The van der Waals surface area contributed by atoms with E-state index in [0.717, 1.165) is 9.96 Å². The van der Waals surface area contributed by atoms with Crippen molar-refractivity contribution in [2.45, 2.75) is 24.8 Å². The molecule has 29 heavy (non-hydrogen) atoms. The van der Waals surface area contributed by atoms with Crippen LogP contribution in [-0.2, 0) is 35.2 Å². The molecule has 0 radical (unpaired) electrons. The number of carbonyl (C=O) groups excluding carboxylic acids is 3. The Hall–Kier alpha value is -2.64. The maximum atomic E-state index is 12.8. The van der Waals surface area contributed by atoms with Crippen molar-refractivity contribution in [3.8, 4) is 0 Å². The third-order valence-electron chi connectivity index (χ3n) is 4.27. The molecule has 1 fully saturated rings. The Bertz CT molecular complexity index is 900. The molecule has 2 aliphatic rings. The summed E-state index contributed by atoms with van der Waals surface area (Å²) in [6.45, 7) is 0.992. The number of ether oxygens (including phenoxy) is 1. The second kappa shape index (κ2) is 8.39. The van der Waals surface area contributed by atoms with Crippen molar-refractivity contribution in [2.24, 2.45) is 0 Å². The minimum Gasteiger partial charge on any atom is -0.477 e. The van der Waals surface area contributed by atoms with Gasteiger partial charge in [0, 0.05) is 23.6 Å². The summed E-state index contributed by atoms with van der Waals surface area (Å²) < 4.78 is 4.89. The molecule has 3 N–H and O–H groups in total. The summed E-state index contributed by atoms with van der Waals surface area (Å²) in [5.41, 5.74) is 6.10. The van der Waals surface area contributed by atoms with Gasteiger partial charge in [0.25, 0.3) is 11.8 Å². The standard InChI is InChI=1S/C16H18N4O7S2/c1-7(21)27-4-8-5-28-14-12(13(23)19(14)11(8)15(24)25)20(26-2)10(22)3-9-6-29-16(17)18-9/h6,12,14H,3-5H2,1-2H3,(H2,17,18)(H,24,25)/t12?,14-/m0/s1. The number of nitrogens with zero attached hydrogens (tertiary/aromatic N) is 3. The van der Waals surface area contributed by atoms with Gasteiger partial charge in [0.15, 0.2) is 11.2 Å². The van der Waals surface area contributed by atoms with E-state index < -0.39 is 35.2 Å². The van der Waals surface area contributed by atoms with Gasteiger partial charge >= 0.3 is 11.9 Å². The number of hydroxylamine groups is 2. The van der Waals surface area contributed by atoms with Gasteiger partial charge in [-0.25, -0.2) is 14.8 Å². The topological polar surface area (TPSA) is 152 Å². The number of amides is 2. The van der Waals surface area contributed by atoms with Crippen LogP contribution in [0.3, 0.4) is 0 Å². The predicted octanol–water partition coefficient (Wildman–Crippen LogP) is -0.157. The number of carboxylic acids is 1. The molecule has 0 bridgehead atoms. The van der Waals surface area contributed by atoms with Crippen molar-refractivity contribution in [1.82, 2.24) is 14.9 Å². The smallest absolute Gasteiger partial charge is 0.352 e. The van der Waals surface area contributed by atoms with Gasteiger partial charge in [-0.2, -0.15) is 0 Å². The molecular weight excluding hydrogens is 424 g/mol. The van der Waals surface area contributed by atoms with Crippen molar-refractivity contribution in [1.29, 1.82) is 0 Å². The van der Waals surface area contributed by atoms with Crippen LogP contribution in [0.25, 0.3) is 0 Å². The van der Waals surface area contributed by atoms with E-state index in [1.54, 1.807) is 5.38 Å². The maximum absolute atomic E-state index is 12.8. The molecule has 3 rings (SSSR count). The molecule has 2 amide bonds. The monoisotopic (exact) mass is 442 g/mol. The van der Waals surface area contributed by atoms with Gasteiger partial charge < -0.3 is 15.6 Å². The molecule has 13 heteroatoms. The molecule has 3 heterocycles. The Balaban J connectivity index is 1.78. The molecule has 0 aliphatic carbocycles. The summed E-state index contributed by atoms with van der Waals surface area (Å²) in [4.78, 5) is 58.4. The highest BCUT2D eigenvalue weighted by Gasteiger charge is 2.57. The van der Waals surface area contributed by atoms with Crippen LogP contribution in [0, 0.1) is 0 Å². The van der Waals surface area contributed by atoms with E-state index in [0.29, 0.717) is 16.4 Å². The number of fused-ring (bicyclic) bond motifs is 1. The first-order chi connectivity index (χ1) is 13.7. The number of rotatable bonds is 7. The molecule has 0 aromatic carbocycles. The first kappa shape index (κ1) is 21.1. The van der Waals surface area contributed by atoms with Gasteiger partial charge in [0.2, 0.25) is 0 Å². The number of hydrogen-bond donors (Lipinski definition) is 2. The minimum atomic E-state index is -1.31. The summed E-state index contributed by atoms with van der Waals surface area (Å²) in [5, 5.41) is 11.8. The fourth-order valence-corrected chi connectivity index (χ4v) is 4.98. The summed E-state index contributed by atoms with van der Waals surface area (Å²) in [6.07, 6.45) is -0.109. The van der Waals surface area contributed by atoms with Crippen molar-refractivity contribution >= 4 is 52.0 Å². The maximum Gasteiger partial charge on any atom is 0.352 e. The van der Waals surface area contributed by atoms with E-state index in [4.69, 9.17) is 15.3 Å². The first-order valence-corrected chi connectivity index (χ1v) is 10.3. The minimum absolute atomic E-state index is 0.109. The average molecular weight is 442 g/mol. The average Bonchev–Trinajstić information content (AvgIpc) is 3.07. The number of nitrogen functional groups attached to an aromatic ring is 1. The van der Waals surface area contributed by atoms with Crippen molar-refractivity contribution in [3.05, 3.63) is 22.3 Å². The summed E-state index contributed by atoms with van der Waals surface area (Å²) >= 11 is 2.45. The molecule has 1 aromatic rings. The normalized spacial score (nSPS) is 20.8. The largest absolute Gasteiger partial charge is 0.477 e. The lowest BCUT2D eigenvalue weighted by Gasteiger charge is -2.51. The van der Waals surface area contributed by atoms with Crippen LogP contribution in [0.2, 0.25) is 0 Å². The lowest BCUT2D eigenvalue weighted by atomic mass is 10.0. The number of carboxylic acid groups (broad SMARTS) is 1. The zero-order chi connectivity index (χ0) is 21.3.